The van der Waals surface area contributed by atoms with E-state index in [1.54, 1.807) is 12.2 Å². The third-order valence-electron chi connectivity index (χ3n) is 2.53. The molecule has 0 aliphatic carbocycles. The van der Waals surface area contributed by atoms with Crippen molar-refractivity contribution in [2.24, 2.45) is 4.99 Å². The van der Waals surface area contributed by atoms with Gasteiger partial charge in [0.05, 0.1) is 12.3 Å². The second-order valence-electron chi connectivity index (χ2n) is 3.92. The molecule has 2 rings (SSSR count). The normalized spacial score (nSPS) is 14.5. The molecule has 0 saturated carbocycles. The number of ether oxygens (including phenoxy) is 1. The first-order valence-electron chi connectivity index (χ1n) is 5.84. The monoisotopic (exact) mass is 263 g/mol. The highest BCUT2D eigenvalue weighted by Gasteiger charge is 2.07. The number of carbonyl (C=O) groups is 1. The van der Waals surface area contributed by atoms with Gasteiger partial charge in [-0.3, -0.25) is 9.79 Å². The molecule has 4 heteroatoms. The summed E-state index contributed by atoms with van der Waals surface area (Å²) in [6.45, 7) is 0.859. The van der Waals surface area contributed by atoms with Gasteiger partial charge in [0.2, 0.25) is 0 Å². The number of nitrogens with zero attached hydrogens (tertiary/aromatic N) is 1. The fraction of sp³-hybridized carbons (Fsp3) is 0.286. The smallest absolute Gasteiger partial charge is 0.177 e. The molecule has 0 N–H and O–H groups in total. The zero-order valence-electron chi connectivity index (χ0n) is 9.93. The van der Waals surface area contributed by atoms with E-state index in [4.69, 9.17) is 16.3 Å². The Kier molecular flexibility index (Phi) is 4.53. The first kappa shape index (κ1) is 12.8. The number of halogens is 1. The lowest BCUT2D eigenvalue weighted by Gasteiger charge is -2.08. The fourth-order valence-electron chi connectivity index (χ4n) is 1.59. The maximum Gasteiger partial charge on any atom is 0.177 e. The van der Waals surface area contributed by atoms with Gasteiger partial charge >= 0.3 is 0 Å². The van der Waals surface area contributed by atoms with E-state index in [-0.39, 0.29) is 12.3 Å². The van der Waals surface area contributed by atoms with Gasteiger partial charge in [0.15, 0.2) is 5.78 Å². The summed E-state index contributed by atoms with van der Waals surface area (Å²) in [5, 5.41) is 0. The van der Waals surface area contributed by atoms with Crippen LogP contribution in [-0.4, -0.2) is 30.5 Å². The van der Waals surface area contributed by atoms with Gasteiger partial charge in [-0.05, 0) is 48.4 Å². The molecule has 0 amide bonds. The van der Waals surface area contributed by atoms with Crippen LogP contribution in [0, 0.1) is 0 Å². The molecule has 1 aromatic rings. The van der Waals surface area contributed by atoms with Crippen LogP contribution in [0.2, 0.25) is 0 Å². The summed E-state index contributed by atoms with van der Waals surface area (Å²) in [6, 6.07) is 7.68. The van der Waals surface area contributed by atoms with Crippen molar-refractivity contribution in [3.63, 3.8) is 0 Å². The van der Waals surface area contributed by atoms with Crippen LogP contribution in [0.1, 0.15) is 12.0 Å². The minimum Gasteiger partial charge on any atom is -0.494 e. The van der Waals surface area contributed by atoms with Crippen molar-refractivity contribution in [2.45, 2.75) is 6.42 Å². The van der Waals surface area contributed by atoms with Crippen LogP contribution >= 0.6 is 11.6 Å². The van der Waals surface area contributed by atoms with Gasteiger partial charge < -0.3 is 4.74 Å². The van der Waals surface area contributed by atoms with Crippen molar-refractivity contribution in [3.05, 3.63) is 42.0 Å². The third-order valence-corrected chi connectivity index (χ3v) is 2.80. The predicted octanol–water partition coefficient (Wildman–Crippen LogP) is 2.62. The van der Waals surface area contributed by atoms with Crippen LogP contribution < -0.4 is 4.74 Å². The minimum absolute atomic E-state index is 0.0415. The quantitative estimate of drug-likeness (QED) is 0.605. The molecule has 0 radical (unpaired) electrons. The van der Waals surface area contributed by atoms with Crippen molar-refractivity contribution in [1.29, 1.82) is 0 Å². The highest BCUT2D eigenvalue weighted by atomic mass is 35.5. The number of allylic oxidation sites excluding steroid dienone is 1. The van der Waals surface area contributed by atoms with E-state index < -0.39 is 0 Å². The van der Waals surface area contributed by atoms with E-state index >= 15 is 0 Å². The van der Waals surface area contributed by atoms with Crippen LogP contribution in [0.25, 0.3) is 0 Å². The maximum absolute atomic E-state index is 11.0. The molecule has 0 bridgehead atoms. The molecule has 0 unspecified atom stereocenters. The zero-order chi connectivity index (χ0) is 12.8. The molecule has 1 aliphatic heterocycles. The Labute approximate surface area is 111 Å². The largest absolute Gasteiger partial charge is 0.494 e. The highest BCUT2D eigenvalue weighted by molar-refractivity contribution is 6.17. The molecule has 0 saturated heterocycles. The fourth-order valence-corrected chi connectivity index (χ4v) is 1.70. The summed E-state index contributed by atoms with van der Waals surface area (Å²) < 4.78 is 5.51. The molecule has 94 valence electrons. The molecule has 3 nitrogen and oxygen atoms in total. The van der Waals surface area contributed by atoms with Crippen molar-refractivity contribution in [3.8, 4) is 5.75 Å². The summed E-state index contributed by atoms with van der Waals surface area (Å²) >= 11 is 5.58. The van der Waals surface area contributed by atoms with Crippen LogP contribution in [-0.2, 0) is 4.79 Å². The number of hydrogen-bond donors (Lipinski definition) is 0. The van der Waals surface area contributed by atoms with E-state index in [1.807, 2.05) is 24.3 Å². The van der Waals surface area contributed by atoms with E-state index in [9.17, 15) is 4.79 Å². The SMILES string of the molecule is O=C1C=CC(c2ccc(OCCCCl)cc2)=NC1. The molecule has 1 heterocycles. The van der Waals surface area contributed by atoms with Gasteiger partial charge in [0.25, 0.3) is 0 Å². The molecule has 0 atom stereocenters. The lowest BCUT2D eigenvalue weighted by Crippen LogP contribution is -2.09. The van der Waals surface area contributed by atoms with Crippen LogP contribution in [0.3, 0.4) is 0 Å². The number of rotatable bonds is 5. The summed E-state index contributed by atoms with van der Waals surface area (Å²) in [7, 11) is 0. The Hall–Kier alpha value is -1.61. The number of aliphatic imine (C=N–C) groups is 1. The molecule has 0 aromatic heterocycles. The molecule has 18 heavy (non-hydrogen) atoms. The van der Waals surface area contributed by atoms with Gasteiger partial charge in [-0.2, -0.15) is 0 Å². The molecule has 1 aliphatic rings. The number of ketones is 1. The van der Waals surface area contributed by atoms with Crippen LogP contribution in [0.15, 0.2) is 41.4 Å². The first-order chi connectivity index (χ1) is 8.79. The Morgan fingerprint density at radius 2 is 2.00 bits per heavy atom. The van der Waals surface area contributed by atoms with Crippen molar-refractivity contribution in [1.82, 2.24) is 0 Å². The molecular formula is C14H14ClNO2. The van der Waals surface area contributed by atoms with Gasteiger partial charge in [-0.15, -0.1) is 11.6 Å². The molecule has 1 aromatic carbocycles. The number of benzene rings is 1. The van der Waals surface area contributed by atoms with Gasteiger partial charge in [0, 0.05) is 5.88 Å². The molecular weight excluding hydrogens is 250 g/mol. The lowest BCUT2D eigenvalue weighted by molar-refractivity contribution is -0.113. The Balaban J connectivity index is 1.99. The van der Waals surface area contributed by atoms with E-state index in [0.717, 1.165) is 23.4 Å². The van der Waals surface area contributed by atoms with E-state index in [0.29, 0.717) is 12.5 Å². The third kappa shape index (κ3) is 3.44. The Morgan fingerprint density at radius 1 is 1.22 bits per heavy atom. The number of alkyl halides is 1. The topological polar surface area (TPSA) is 38.7 Å². The second-order valence-corrected chi connectivity index (χ2v) is 4.29. The average Bonchev–Trinajstić information content (AvgIpc) is 2.41. The lowest BCUT2D eigenvalue weighted by atomic mass is 10.1. The van der Waals surface area contributed by atoms with Crippen molar-refractivity contribution < 1.29 is 9.53 Å². The summed E-state index contributed by atoms with van der Waals surface area (Å²) in [4.78, 5) is 15.2. The average molecular weight is 264 g/mol. The Bertz CT molecular complexity index is 477. The minimum atomic E-state index is 0.0415. The maximum atomic E-state index is 11.0. The van der Waals surface area contributed by atoms with Gasteiger partial charge in [0.1, 0.15) is 12.3 Å². The summed E-state index contributed by atoms with van der Waals surface area (Å²) in [5.74, 6) is 1.47. The zero-order valence-corrected chi connectivity index (χ0v) is 10.7. The molecule has 0 spiro atoms. The molecule has 0 fully saturated rings. The summed E-state index contributed by atoms with van der Waals surface area (Å²) in [5.41, 5.74) is 1.82. The van der Waals surface area contributed by atoms with Crippen LogP contribution in [0.5, 0.6) is 5.75 Å². The highest BCUT2D eigenvalue weighted by Crippen LogP contribution is 2.14. The standard InChI is InChI=1S/C14H14ClNO2/c15-8-1-9-18-13-5-2-11(3-6-13)14-7-4-12(17)10-16-14/h2-7H,1,8-10H2. The van der Waals surface area contributed by atoms with Gasteiger partial charge in [-0.1, -0.05) is 0 Å². The summed E-state index contributed by atoms with van der Waals surface area (Å²) in [6.07, 6.45) is 4.14. The van der Waals surface area contributed by atoms with Crippen molar-refractivity contribution in [2.75, 3.05) is 19.0 Å². The van der Waals surface area contributed by atoms with Crippen LogP contribution in [0.4, 0.5) is 0 Å². The number of carbonyl (C=O) groups excluding carboxylic acids is 1. The van der Waals surface area contributed by atoms with Gasteiger partial charge in [-0.25, -0.2) is 0 Å². The number of dihydropyridines is 1. The predicted molar refractivity (Wildman–Crippen MR) is 72.8 cm³/mol. The van der Waals surface area contributed by atoms with Crippen molar-refractivity contribution >= 4 is 23.1 Å². The number of hydrogen-bond acceptors (Lipinski definition) is 3. The van der Waals surface area contributed by atoms with E-state index in [2.05, 4.69) is 4.99 Å². The van der Waals surface area contributed by atoms with E-state index in [1.165, 1.54) is 0 Å². The first-order valence-corrected chi connectivity index (χ1v) is 6.37. The second kappa shape index (κ2) is 6.36. The Morgan fingerprint density at radius 3 is 2.61 bits per heavy atom.